The first-order valence-corrected chi connectivity index (χ1v) is 15.7. The maximum atomic E-state index is 13.3. The molecule has 0 spiro atoms. The Morgan fingerprint density at radius 1 is 0.932 bits per heavy atom. The molecule has 20 heteroatoms. The number of nitrogens with one attached hydrogen (secondary N) is 1. The van der Waals surface area contributed by atoms with Gasteiger partial charge in [-0.25, -0.2) is 0 Å². The van der Waals surface area contributed by atoms with E-state index in [9.17, 15) is 31.3 Å². The molecule has 0 bridgehead atoms. The third-order valence-corrected chi connectivity index (χ3v) is 8.01. The molecule has 3 aromatic carbocycles. The Morgan fingerprint density at radius 2 is 1.59 bits per heavy atom. The van der Waals surface area contributed by atoms with Crippen molar-refractivity contribution in [2.45, 2.75) is 16.2 Å². The fourth-order valence-electron chi connectivity index (χ4n) is 3.60. The number of ether oxygens (including phenoxy) is 1. The lowest BCUT2D eigenvalue weighted by molar-refractivity contribution is -0.145. The van der Waals surface area contributed by atoms with E-state index in [0.29, 0.717) is 5.69 Å². The van der Waals surface area contributed by atoms with E-state index in [-0.39, 0.29) is 39.4 Å². The van der Waals surface area contributed by atoms with Crippen LogP contribution in [0.5, 0.6) is 5.75 Å². The van der Waals surface area contributed by atoms with Crippen molar-refractivity contribution in [3.8, 4) is 5.75 Å². The summed E-state index contributed by atoms with van der Waals surface area (Å²) in [5.41, 5.74) is -0.661. The van der Waals surface area contributed by atoms with E-state index in [1.54, 1.807) is 30.3 Å². The zero-order chi connectivity index (χ0) is 32.1. The van der Waals surface area contributed by atoms with Gasteiger partial charge in [-0.05, 0) is 58.9 Å². The first-order chi connectivity index (χ1) is 20.8. The summed E-state index contributed by atoms with van der Waals surface area (Å²) in [6, 6.07) is 11.0. The summed E-state index contributed by atoms with van der Waals surface area (Å²) in [6.07, 6.45) is -0.310. The van der Waals surface area contributed by atoms with Crippen molar-refractivity contribution in [3.05, 3.63) is 59.1 Å². The number of aromatic nitrogens is 3. The normalized spacial score (nSPS) is 12.1. The minimum absolute atomic E-state index is 0.148. The number of benzene rings is 3. The number of phenolic OH excluding ortho intramolecular Hbond substituents is 1. The molecule has 0 radical (unpaired) electrons. The summed E-state index contributed by atoms with van der Waals surface area (Å²) in [5, 5.41) is 29.2. The first kappa shape index (κ1) is 32.9. The number of azo groups is 1. The highest BCUT2D eigenvalue weighted by Gasteiger charge is 2.27. The second-order valence-electron chi connectivity index (χ2n) is 8.44. The van der Waals surface area contributed by atoms with Crippen LogP contribution in [0.25, 0.3) is 10.8 Å². The minimum atomic E-state index is -5.03. The number of aliphatic hydroxyl groups is 1. The van der Waals surface area contributed by atoms with Gasteiger partial charge in [0.1, 0.15) is 28.7 Å². The van der Waals surface area contributed by atoms with E-state index in [1.807, 2.05) is 0 Å². The second-order valence-corrected chi connectivity index (χ2v) is 12.1. The van der Waals surface area contributed by atoms with Crippen LogP contribution in [0.15, 0.2) is 68.6 Å². The van der Waals surface area contributed by atoms with Crippen LogP contribution in [-0.4, -0.2) is 72.3 Å². The molecular formula is C24H20Cl2N6O10S2. The summed E-state index contributed by atoms with van der Waals surface area (Å²) in [4.78, 5) is 21.2. The van der Waals surface area contributed by atoms with E-state index in [1.165, 1.54) is 0 Å². The maximum Gasteiger partial charge on any atom is 0.308 e. The zero-order valence-electron chi connectivity index (χ0n) is 22.0. The van der Waals surface area contributed by atoms with Gasteiger partial charge in [0.2, 0.25) is 16.5 Å². The molecule has 16 nitrogen and oxygen atoms in total. The zero-order valence-corrected chi connectivity index (χ0v) is 25.1. The number of phenols is 1. The van der Waals surface area contributed by atoms with Gasteiger partial charge >= 0.3 is 5.97 Å². The molecule has 4 N–H and O–H groups in total. The SMILES string of the molecule is O=C(CCO)OCCOS(=O)(=O)c1cc2cc(S(=O)(=O)O)c(N=Nc3ccccc3)c(O)c2cc1Nc1nc(Cl)nc(Cl)n1. The van der Waals surface area contributed by atoms with E-state index >= 15 is 0 Å². The molecule has 1 heterocycles. The number of aromatic hydroxyl groups is 1. The topological polar surface area (TPSA) is 240 Å². The number of carbonyl (C=O) groups is 1. The van der Waals surface area contributed by atoms with Crippen molar-refractivity contribution < 1.29 is 45.3 Å². The summed E-state index contributed by atoms with van der Waals surface area (Å²) >= 11 is 11.7. The number of anilines is 2. The predicted octanol–water partition coefficient (Wildman–Crippen LogP) is 4.07. The van der Waals surface area contributed by atoms with Crippen molar-refractivity contribution in [1.29, 1.82) is 0 Å². The minimum Gasteiger partial charge on any atom is -0.505 e. The van der Waals surface area contributed by atoms with Crippen LogP contribution in [0.2, 0.25) is 10.6 Å². The summed E-state index contributed by atoms with van der Waals surface area (Å²) in [6.45, 7) is -1.60. The molecule has 0 aliphatic carbocycles. The third-order valence-electron chi connectivity index (χ3n) is 5.45. The van der Waals surface area contributed by atoms with Crippen molar-refractivity contribution in [2.75, 3.05) is 25.1 Å². The number of esters is 1. The molecule has 0 amide bonds. The molecule has 0 unspecified atom stereocenters. The van der Waals surface area contributed by atoms with Crippen molar-refractivity contribution >= 4 is 83.2 Å². The van der Waals surface area contributed by atoms with E-state index < -0.39 is 67.3 Å². The van der Waals surface area contributed by atoms with Gasteiger partial charge in [0, 0.05) is 5.39 Å². The lowest BCUT2D eigenvalue weighted by Gasteiger charge is -2.15. The van der Waals surface area contributed by atoms with Crippen LogP contribution >= 0.6 is 23.2 Å². The largest absolute Gasteiger partial charge is 0.505 e. The summed E-state index contributed by atoms with van der Waals surface area (Å²) < 4.78 is 70.7. The molecule has 1 aromatic heterocycles. The smallest absolute Gasteiger partial charge is 0.308 e. The highest BCUT2D eigenvalue weighted by molar-refractivity contribution is 7.87. The van der Waals surface area contributed by atoms with Gasteiger partial charge in [-0.2, -0.15) is 36.9 Å². The van der Waals surface area contributed by atoms with Crippen LogP contribution in [0, 0.1) is 0 Å². The van der Waals surface area contributed by atoms with Crippen LogP contribution in [0.4, 0.5) is 23.0 Å². The van der Waals surface area contributed by atoms with Crippen LogP contribution in [0.3, 0.4) is 0 Å². The van der Waals surface area contributed by atoms with Gasteiger partial charge in [-0.1, -0.05) is 18.2 Å². The van der Waals surface area contributed by atoms with Crippen LogP contribution in [0.1, 0.15) is 6.42 Å². The molecule has 4 aromatic rings. The second kappa shape index (κ2) is 13.7. The molecule has 0 atom stereocenters. The van der Waals surface area contributed by atoms with E-state index in [0.717, 1.165) is 18.2 Å². The van der Waals surface area contributed by atoms with Gasteiger partial charge in [0.15, 0.2) is 5.75 Å². The van der Waals surface area contributed by atoms with Gasteiger partial charge in [-0.3, -0.25) is 13.5 Å². The molecule has 0 aliphatic heterocycles. The fraction of sp³-hybridized carbons (Fsp3) is 0.167. The first-order valence-electron chi connectivity index (χ1n) is 12.1. The third kappa shape index (κ3) is 8.11. The number of aliphatic hydroxyl groups excluding tert-OH is 1. The quantitative estimate of drug-likeness (QED) is 0.0540. The molecular weight excluding hydrogens is 667 g/mol. The highest BCUT2D eigenvalue weighted by atomic mass is 35.5. The average Bonchev–Trinajstić information content (AvgIpc) is 2.94. The molecule has 0 saturated carbocycles. The average molecular weight is 687 g/mol. The Labute approximate surface area is 259 Å². The Bertz CT molecular complexity index is 1940. The predicted molar refractivity (Wildman–Crippen MR) is 155 cm³/mol. The number of halogens is 2. The lowest BCUT2D eigenvalue weighted by Crippen LogP contribution is -2.16. The van der Waals surface area contributed by atoms with Gasteiger partial charge in [-0.15, -0.1) is 5.11 Å². The number of hydrogen-bond acceptors (Lipinski definition) is 15. The van der Waals surface area contributed by atoms with Gasteiger partial charge < -0.3 is 20.3 Å². The van der Waals surface area contributed by atoms with Crippen LogP contribution < -0.4 is 5.32 Å². The maximum absolute atomic E-state index is 13.3. The molecule has 44 heavy (non-hydrogen) atoms. The highest BCUT2D eigenvalue weighted by Crippen LogP contribution is 2.44. The molecule has 0 saturated heterocycles. The Morgan fingerprint density at radius 3 is 2.23 bits per heavy atom. The van der Waals surface area contributed by atoms with E-state index in [4.69, 9.17) is 37.2 Å². The van der Waals surface area contributed by atoms with E-state index in [2.05, 4.69) is 30.5 Å². The Kier molecular flexibility index (Phi) is 10.3. The summed E-state index contributed by atoms with van der Waals surface area (Å²) in [5.74, 6) is -1.90. The monoisotopic (exact) mass is 686 g/mol. The number of hydrogen-bond donors (Lipinski definition) is 4. The fourth-order valence-corrected chi connectivity index (χ4v) is 5.69. The van der Waals surface area contributed by atoms with Gasteiger partial charge in [0.25, 0.3) is 20.2 Å². The van der Waals surface area contributed by atoms with Gasteiger partial charge in [0.05, 0.1) is 24.4 Å². The molecule has 0 aliphatic rings. The van der Waals surface area contributed by atoms with Crippen molar-refractivity contribution in [2.24, 2.45) is 10.2 Å². The van der Waals surface area contributed by atoms with Crippen molar-refractivity contribution in [1.82, 2.24) is 15.0 Å². The van der Waals surface area contributed by atoms with Crippen LogP contribution in [-0.2, 0) is 34.0 Å². The molecule has 0 fully saturated rings. The Hall–Kier alpha value is -4.04. The standard InChI is InChI=1S/C24H20Cl2N6O10S2/c25-22-28-23(26)30-24(29-22)27-16-12-15-13(10-17(16)44(39,40)42-9-8-41-19(34)6-7-33)11-18(43(36,37)38)20(21(15)35)32-31-14-4-2-1-3-5-14/h1-5,10-12,33,35H,6-9H2,(H,36,37,38)(H,27,28,29,30). The van der Waals surface area contributed by atoms with Crippen molar-refractivity contribution in [3.63, 3.8) is 0 Å². The Balaban J connectivity index is 1.87. The number of nitrogens with zero attached hydrogens (tertiary/aromatic N) is 5. The number of fused-ring (bicyclic) bond motifs is 1. The molecule has 232 valence electrons. The summed E-state index contributed by atoms with van der Waals surface area (Å²) in [7, 11) is -9.76. The number of rotatable bonds is 12. The number of carbonyl (C=O) groups excluding carboxylic acids is 1. The lowest BCUT2D eigenvalue weighted by atomic mass is 10.1. The molecule has 4 rings (SSSR count).